The number of nitrogens with one attached hydrogen (secondary N) is 2. The summed E-state index contributed by atoms with van der Waals surface area (Å²) in [6.07, 6.45) is 0.154. The Morgan fingerprint density at radius 1 is 1.12 bits per heavy atom. The van der Waals surface area contributed by atoms with Gasteiger partial charge in [0.15, 0.2) is 6.61 Å². The Hall–Kier alpha value is -1.75. The van der Waals surface area contributed by atoms with Crippen molar-refractivity contribution < 1.29 is 14.3 Å². The van der Waals surface area contributed by atoms with Crippen LogP contribution in [0.3, 0.4) is 0 Å². The molecule has 0 saturated heterocycles. The van der Waals surface area contributed by atoms with Crippen molar-refractivity contribution in [2.24, 2.45) is 0 Å². The van der Waals surface area contributed by atoms with Crippen molar-refractivity contribution in [2.45, 2.75) is 6.42 Å². The van der Waals surface area contributed by atoms with E-state index in [1.54, 1.807) is 24.3 Å². The lowest BCUT2D eigenvalue weighted by Gasteiger charge is -2.07. The Bertz CT molecular complexity index is 370. The SMILES string of the molecule is O=C(CCCl)NNC(=O)COc1ccccc1. The van der Waals surface area contributed by atoms with Crippen LogP contribution in [0.1, 0.15) is 6.42 Å². The first-order valence-corrected chi connectivity index (χ1v) is 5.57. The van der Waals surface area contributed by atoms with E-state index in [0.717, 1.165) is 0 Å². The Kier molecular flexibility index (Phi) is 5.88. The molecule has 1 aromatic carbocycles. The average molecular weight is 257 g/mol. The molecule has 2 N–H and O–H groups in total. The van der Waals surface area contributed by atoms with E-state index in [2.05, 4.69) is 10.9 Å². The van der Waals surface area contributed by atoms with Crippen molar-refractivity contribution in [3.8, 4) is 5.75 Å². The van der Waals surface area contributed by atoms with Crippen LogP contribution in [0.4, 0.5) is 0 Å². The van der Waals surface area contributed by atoms with Gasteiger partial charge in [0.2, 0.25) is 5.91 Å². The van der Waals surface area contributed by atoms with Gasteiger partial charge in [0.1, 0.15) is 5.75 Å². The number of carbonyl (C=O) groups excluding carboxylic acids is 2. The van der Waals surface area contributed by atoms with Gasteiger partial charge in [-0.15, -0.1) is 11.6 Å². The van der Waals surface area contributed by atoms with Crippen molar-refractivity contribution in [3.05, 3.63) is 30.3 Å². The van der Waals surface area contributed by atoms with Gasteiger partial charge in [0.05, 0.1) is 0 Å². The van der Waals surface area contributed by atoms with E-state index >= 15 is 0 Å². The molecule has 1 aromatic rings. The topological polar surface area (TPSA) is 67.4 Å². The third-order valence-electron chi connectivity index (χ3n) is 1.78. The highest BCUT2D eigenvalue weighted by Gasteiger charge is 2.04. The predicted molar refractivity (Wildman–Crippen MR) is 63.6 cm³/mol. The number of carbonyl (C=O) groups is 2. The van der Waals surface area contributed by atoms with Gasteiger partial charge in [-0.2, -0.15) is 0 Å². The van der Waals surface area contributed by atoms with E-state index in [4.69, 9.17) is 16.3 Å². The molecule has 92 valence electrons. The smallest absolute Gasteiger partial charge is 0.276 e. The maximum Gasteiger partial charge on any atom is 0.276 e. The van der Waals surface area contributed by atoms with Crippen molar-refractivity contribution in [2.75, 3.05) is 12.5 Å². The molecule has 0 atom stereocenters. The zero-order valence-electron chi connectivity index (χ0n) is 9.11. The second-order valence-corrected chi connectivity index (χ2v) is 3.52. The molecule has 0 bridgehead atoms. The zero-order valence-corrected chi connectivity index (χ0v) is 9.87. The van der Waals surface area contributed by atoms with Crippen molar-refractivity contribution >= 4 is 23.4 Å². The minimum atomic E-state index is -0.434. The van der Waals surface area contributed by atoms with Gasteiger partial charge < -0.3 is 4.74 Å². The van der Waals surface area contributed by atoms with Gasteiger partial charge in [-0.05, 0) is 12.1 Å². The van der Waals surface area contributed by atoms with Crippen LogP contribution >= 0.6 is 11.6 Å². The lowest BCUT2D eigenvalue weighted by Crippen LogP contribution is -2.43. The van der Waals surface area contributed by atoms with Gasteiger partial charge in [-0.1, -0.05) is 18.2 Å². The van der Waals surface area contributed by atoms with Crippen LogP contribution in [-0.4, -0.2) is 24.3 Å². The largest absolute Gasteiger partial charge is 0.484 e. The molecular weight excluding hydrogens is 244 g/mol. The van der Waals surface area contributed by atoms with Crippen molar-refractivity contribution in [1.29, 1.82) is 0 Å². The summed E-state index contributed by atoms with van der Waals surface area (Å²) in [5.41, 5.74) is 4.43. The molecule has 0 aliphatic carbocycles. The maximum absolute atomic E-state index is 11.2. The fourth-order valence-corrected chi connectivity index (χ4v) is 1.16. The molecule has 0 aliphatic heterocycles. The molecule has 0 radical (unpaired) electrons. The van der Waals surface area contributed by atoms with Crippen molar-refractivity contribution in [1.82, 2.24) is 10.9 Å². The van der Waals surface area contributed by atoms with Crippen LogP contribution in [0.2, 0.25) is 0 Å². The number of hydrogen-bond acceptors (Lipinski definition) is 3. The molecule has 0 unspecified atom stereocenters. The van der Waals surface area contributed by atoms with Crippen LogP contribution in [-0.2, 0) is 9.59 Å². The van der Waals surface area contributed by atoms with Gasteiger partial charge in [-0.25, -0.2) is 0 Å². The van der Waals surface area contributed by atoms with E-state index in [1.807, 2.05) is 6.07 Å². The first kappa shape index (κ1) is 13.3. The fraction of sp³-hybridized carbons (Fsp3) is 0.273. The number of halogens is 1. The second kappa shape index (κ2) is 7.51. The number of ether oxygens (including phenoxy) is 1. The minimum absolute atomic E-state index is 0.154. The molecule has 0 aromatic heterocycles. The van der Waals surface area contributed by atoms with Crippen LogP contribution < -0.4 is 15.6 Å². The van der Waals surface area contributed by atoms with Gasteiger partial charge in [0.25, 0.3) is 5.91 Å². The van der Waals surface area contributed by atoms with Gasteiger partial charge in [0, 0.05) is 12.3 Å². The molecule has 0 heterocycles. The molecule has 0 fully saturated rings. The summed E-state index contributed by atoms with van der Waals surface area (Å²) >= 11 is 5.35. The fourth-order valence-electron chi connectivity index (χ4n) is 0.989. The van der Waals surface area contributed by atoms with Crippen LogP contribution in [0.25, 0.3) is 0 Å². The van der Waals surface area contributed by atoms with Gasteiger partial charge in [-0.3, -0.25) is 20.4 Å². The highest BCUT2D eigenvalue weighted by atomic mass is 35.5. The highest BCUT2D eigenvalue weighted by Crippen LogP contribution is 2.07. The molecular formula is C11H13ClN2O3. The lowest BCUT2D eigenvalue weighted by atomic mass is 10.3. The molecule has 0 saturated carbocycles. The number of hydrazine groups is 1. The molecule has 0 spiro atoms. The standard InChI is InChI=1S/C11H13ClN2O3/c12-7-6-10(15)13-14-11(16)8-17-9-4-2-1-3-5-9/h1-5H,6-8H2,(H,13,15)(H,14,16). The van der Waals surface area contributed by atoms with E-state index in [9.17, 15) is 9.59 Å². The van der Waals surface area contributed by atoms with Crippen LogP contribution in [0.15, 0.2) is 30.3 Å². The molecule has 5 nitrogen and oxygen atoms in total. The normalized spacial score (nSPS) is 9.47. The summed E-state index contributed by atoms with van der Waals surface area (Å²) in [5, 5.41) is 0. The van der Waals surface area contributed by atoms with E-state index < -0.39 is 5.91 Å². The number of rotatable bonds is 5. The number of hydrogen-bond donors (Lipinski definition) is 2. The first-order valence-electron chi connectivity index (χ1n) is 5.04. The van der Waals surface area contributed by atoms with E-state index in [0.29, 0.717) is 5.75 Å². The Labute approximate surface area is 104 Å². The lowest BCUT2D eigenvalue weighted by molar-refractivity contribution is -0.129. The highest BCUT2D eigenvalue weighted by molar-refractivity contribution is 6.18. The van der Waals surface area contributed by atoms with E-state index in [-0.39, 0.29) is 24.8 Å². The summed E-state index contributed by atoms with van der Waals surface area (Å²) < 4.78 is 5.17. The maximum atomic E-state index is 11.2. The summed E-state index contributed by atoms with van der Waals surface area (Å²) in [6, 6.07) is 8.92. The first-order chi connectivity index (χ1) is 8.22. The Balaban J connectivity index is 2.20. The second-order valence-electron chi connectivity index (χ2n) is 3.14. The molecule has 0 aliphatic rings. The van der Waals surface area contributed by atoms with Crippen molar-refractivity contribution in [3.63, 3.8) is 0 Å². The Morgan fingerprint density at radius 3 is 2.41 bits per heavy atom. The quantitative estimate of drug-likeness (QED) is 0.606. The monoisotopic (exact) mass is 256 g/mol. The predicted octanol–water partition coefficient (Wildman–Crippen LogP) is 0.842. The average Bonchev–Trinajstić information content (AvgIpc) is 2.35. The zero-order chi connectivity index (χ0) is 12.5. The molecule has 17 heavy (non-hydrogen) atoms. The number of para-hydroxylation sites is 1. The van der Waals surface area contributed by atoms with Crippen LogP contribution in [0, 0.1) is 0 Å². The number of amides is 2. The summed E-state index contributed by atoms with van der Waals surface area (Å²) in [7, 11) is 0. The summed E-state index contributed by atoms with van der Waals surface area (Å²) in [4.78, 5) is 22.2. The molecule has 6 heteroatoms. The van der Waals surface area contributed by atoms with Crippen LogP contribution in [0.5, 0.6) is 5.75 Å². The minimum Gasteiger partial charge on any atom is -0.484 e. The molecule has 2 amide bonds. The van der Waals surface area contributed by atoms with E-state index in [1.165, 1.54) is 0 Å². The Morgan fingerprint density at radius 2 is 1.76 bits per heavy atom. The molecule has 1 rings (SSSR count). The van der Waals surface area contributed by atoms with Gasteiger partial charge >= 0.3 is 0 Å². The number of benzene rings is 1. The number of alkyl halides is 1. The summed E-state index contributed by atoms with van der Waals surface area (Å²) in [6.45, 7) is -0.162. The third kappa shape index (κ3) is 5.77. The summed E-state index contributed by atoms with van der Waals surface area (Å²) in [5.74, 6) is 0.0296. The third-order valence-corrected chi connectivity index (χ3v) is 1.97.